The monoisotopic (exact) mass is 306 g/mol. The summed E-state index contributed by atoms with van der Waals surface area (Å²) in [6, 6.07) is 0.709. The molecule has 1 atom stereocenters. The molecule has 2 aromatic heterocycles. The number of nitrogens with zero attached hydrogens (tertiary/aromatic N) is 5. The number of carbonyl (C=O) groups is 1. The Balaban J connectivity index is 2.06. The highest BCUT2D eigenvalue weighted by Gasteiger charge is 2.24. The summed E-state index contributed by atoms with van der Waals surface area (Å²) in [6.45, 7) is 5.59. The van der Waals surface area contributed by atoms with Crippen LogP contribution >= 0.6 is 0 Å². The number of hydrogen-bond donors (Lipinski definition) is 1. The molecule has 1 unspecified atom stereocenters. The Morgan fingerprint density at radius 3 is 2.68 bits per heavy atom. The zero-order chi connectivity index (χ0) is 16.4. The van der Waals surface area contributed by atoms with Gasteiger partial charge in [0.15, 0.2) is 0 Å². The van der Waals surface area contributed by atoms with Gasteiger partial charge in [-0.1, -0.05) is 0 Å². The van der Waals surface area contributed by atoms with E-state index in [1.165, 1.54) is 10.7 Å². The molecular weight excluding hydrogens is 288 g/mol. The lowest BCUT2D eigenvalue weighted by Gasteiger charge is -2.11. The molecule has 2 rings (SSSR count). The summed E-state index contributed by atoms with van der Waals surface area (Å²) in [7, 11) is 1.83. The van der Waals surface area contributed by atoms with Crippen LogP contribution in [0.25, 0.3) is 0 Å². The van der Waals surface area contributed by atoms with E-state index in [1.807, 2.05) is 14.0 Å². The van der Waals surface area contributed by atoms with Gasteiger partial charge in [-0.2, -0.15) is 9.78 Å². The lowest BCUT2D eigenvalue weighted by molar-refractivity contribution is -0.389. The summed E-state index contributed by atoms with van der Waals surface area (Å²) < 4.78 is 3.08. The molecule has 9 nitrogen and oxygen atoms in total. The first-order valence-corrected chi connectivity index (χ1v) is 6.77. The van der Waals surface area contributed by atoms with E-state index in [-0.39, 0.29) is 11.7 Å². The lowest BCUT2D eigenvalue weighted by atomic mass is 10.2. The maximum atomic E-state index is 12.2. The van der Waals surface area contributed by atoms with Crippen LogP contribution in [-0.2, 0) is 18.4 Å². The normalized spacial score (nSPS) is 12.2. The largest absolute Gasteiger partial charge is 0.390 e. The van der Waals surface area contributed by atoms with Crippen LogP contribution in [0.2, 0.25) is 0 Å². The number of amides is 1. The Morgan fingerprint density at radius 2 is 2.18 bits per heavy atom. The highest BCUT2D eigenvalue weighted by atomic mass is 16.6. The van der Waals surface area contributed by atoms with Crippen molar-refractivity contribution in [3.63, 3.8) is 0 Å². The Bertz CT molecular complexity index is 717. The smallest absolute Gasteiger partial charge is 0.358 e. The fourth-order valence-electron chi connectivity index (χ4n) is 2.11. The van der Waals surface area contributed by atoms with Crippen LogP contribution in [0, 0.1) is 24.0 Å². The van der Waals surface area contributed by atoms with Crippen molar-refractivity contribution in [3.05, 3.63) is 39.3 Å². The van der Waals surface area contributed by atoms with Gasteiger partial charge in [0, 0.05) is 24.8 Å². The van der Waals surface area contributed by atoms with Gasteiger partial charge in [-0.05, 0) is 25.7 Å². The first-order valence-electron chi connectivity index (χ1n) is 6.77. The standard InChI is InChI=1S/C13H18N6O3/c1-8-5-12(19(21)22)16-18(8)10(3)13(20)14-6-11-7-15-17(4)9(11)2/h5,7,10H,6H2,1-4H3,(H,14,20). The highest BCUT2D eigenvalue weighted by molar-refractivity contribution is 5.79. The van der Waals surface area contributed by atoms with Crippen molar-refractivity contribution in [2.45, 2.75) is 33.4 Å². The molecule has 1 amide bonds. The zero-order valence-electron chi connectivity index (χ0n) is 12.9. The fraction of sp³-hybridized carbons (Fsp3) is 0.462. The minimum Gasteiger partial charge on any atom is -0.358 e. The molecule has 22 heavy (non-hydrogen) atoms. The highest BCUT2D eigenvalue weighted by Crippen LogP contribution is 2.16. The van der Waals surface area contributed by atoms with E-state index in [2.05, 4.69) is 15.5 Å². The molecule has 0 radical (unpaired) electrons. The molecule has 0 aromatic carbocycles. The van der Waals surface area contributed by atoms with E-state index in [0.29, 0.717) is 12.2 Å². The summed E-state index contributed by atoms with van der Waals surface area (Å²) in [5, 5.41) is 21.5. The van der Waals surface area contributed by atoms with E-state index >= 15 is 0 Å². The van der Waals surface area contributed by atoms with Crippen molar-refractivity contribution in [3.8, 4) is 0 Å². The molecule has 0 aliphatic carbocycles. The summed E-state index contributed by atoms with van der Waals surface area (Å²) >= 11 is 0. The molecule has 0 spiro atoms. The van der Waals surface area contributed by atoms with Gasteiger partial charge < -0.3 is 15.4 Å². The molecule has 0 saturated heterocycles. The topological polar surface area (TPSA) is 108 Å². The van der Waals surface area contributed by atoms with E-state index in [4.69, 9.17) is 0 Å². The second-order valence-electron chi connectivity index (χ2n) is 5.12. The van der Waals surface area contributed by atoms with E-state index in [0.717, 1.165) is 11.3 Å². The van der Waals surface area contributed by atoms with Crippen molar-refractivity contribution in [1.29, 1.82) is 0 Å². The Hall–Kier alpha value is -2.71. The molecule has 0 aliphatic heterocycles. The first-order chi connectivity index (χ1) is 10.3. The van der Waals surface area contributed by atoms with Gasteiger partial charge in [0.05, 0.1) is 23.1 Å². The summed E-state index contributed by atoms with van der Waals surface area (Å²) in [4.78, 5) is 22.4. The minimum atomic E-state index is -0.634. The van der Waals surface area contributed by atoms with Gasteiger partial charge in [-0.25, -0.2) is 0 Å². The van der Waals surface area contributed by atoms with Crippen molar-refractivity contribution in [1.82, 2.24) is 24.9 Å². The Morgan fingerprint density at radius 1 is 1.50 bits per heavy atom. The molecule has 118 valence electrons. The third-order valence-electron chi connectivity index (χ3n) is 3.63. The molecule has 0 saturated carbocycles. The number of aryl methyl sites for hydroxylation is 2. The van der Waals surface area contributed by atoms with Crippen LogP contribution in [0.5, 0.6) is 0 Å². The summed E-state index contributed by atoms with van der Waals surface area (Å²) in [5.74, 6) is -0.524. The number of carbonyl (C=O) groups excluding carboxylic acids is 1. The third-order valence-corrected chi connectivity index (χ3v) is 3.63. The van der Waals surface area contributed by atoms with E-state index < -0.39 is 11.0 Å². The second-order valence-corrected chi connectivity index (χ2v) is 5.12. The quantitative estimate of drug-likeness (QED) is 0.655. The molecule has 0 bridgehead atoms. The second kappa shape index (κ2) is 5.96. The lowest BCUT2D eigenvalue weighted by Crippen LogP contribution is -2.31. The van der Waals surface area contributed by atoms with Crippen molar-refractivity contribution in [2.75, 3.05) is 0 Å². The predicted octanol–water partition coefficient (Wildman–Crippen LogP) is 1.02. The predicted molar refractivity (Wildman–Crippen MR) is 78.1 cm³/mol. The number of hydrogen-bond acceptors (Lipinski definition) is 5. The van der Waals surface area contributed by atoms with Crippen molar-refractivity contribution in [2.24, 2.45) is 7.05 Å². The number of nitro groups is 1. The van der Waals surface area contributed by atoms with Gasteiger partial charge in [-0.3, -0.25) is 9.48 Å². The molecule has 9 heteroatoms. The van der Waals surface area contributed by atoms with Gasteiger partial charge >= 0.3 is 5.82 Å². The fourth-order valence-corrected chi connectivity index (χ4v) is 2.11. The molecule has 0 aliphatic rings. The molecular formula is C13H18N6O3. The number of aromatic nitrogens is 4. The average molecular weight is 306 g/mol. The van der Waals surface area contributed by atoms with Gasteiger partial charge in [0.2, 0.25) is 5.91 Å². The maximum Gasteiger partial charge on any atom is 0.390 e. The molecule has 2 heterocycles. The van der Waals surface area contributed by atoms with Crippen molar-refractivity contribution < 1.29 is 9.72 Å². The Kier molecular flexibility index (Phi) is 4.25. The van der Waals surface area contributed by atoms with Gasteiger partial charge in [-0.15, -0.1) is 0 Å². The van der Waals surface area contributed by atoms with Crippen LogP contribution in [0.4, 0.5) is 5.82 Å². The first kappa shape index (κ1) is 15.7. The van der Waals surface area contributed by atoms with Crippen LogP contribution in [-0.4, -0.2) is 30.4 Å². The molecule has 0 fully saturated rings. The van der Waals surface area contributed by atoms with Crippen LogP contribution in [0.15, 0.2) is 12.3 Å². The minimum absolute atomic E-state index is 0.260. The average Bonchev–Trinajstić information content (AvgIpc) is 3.00. The number of nitrogens with one attached hydrogen (secondary N) is 1. The SMILES string of the molecule is Cc1c(CNC(=O)C(C)n2nc([N+](=O)[O-])cc2C)cnn1C. The van der Waals surface area contributed by atoms with Crippen LogP contribution in [0.3, 0.4) is 0 Å². The van der Waals surface area contributed by atoms with Crippen LogP contribution in [0.1, 0.15) is 29.9 Å². The summed E-state index contributed by atoms with van der Waals surface area (Å²) in [5.41, 5.74) is 2.46. The molecule has 2 aromatic rings. The third kappa shape index (κ3) is 2.97. The van der Waals surface area contributed by atoms with Gasteiger partial charge in [0.1, 0.15) is 6.04 Å². The molecule has 1 N–H and O–H groups in total. The van der Waals surface area contributed by atoms with E-state index in [1.54, 1.807) is 24.7 Å². The van der Waals surface area contributed by atoms with Crippen LogP contribution < -0.4 is 5.32 Å². The zero-order valence-corrected chi connectivity index (χ0v) is 12.9. The number of rotatable bonds is 5. The van der Waals surface area contributed by atoms with Gasteiger partial charge in [0.25, 0.3) is 0 Å². The summed E-state index contributed by atoms with van der Waals surface area (Å²) in [6.07, 6.45) is 1.70. The maximum absolute atomic E-state index is 12.2. The van der Waals surface area contributed by atoms with E-state index in [9.17, 15) is 14.9 Å². The van der Waals surface area contributed by atoms with Crippen molar-refractivity contribution >= 4 is 11.7 Å². The Labute approximate surface area is 127 Å².